The molecular weight excluding hydrogens is 378 g/mol. The number of hydrogen-bond acceptors (Lipinski definition) is 5. The molecule has 0 aliphatic rings. The van der Waals surface area contributed by atoms with Gasteiger partial charge in [-0.25, -0.2) is 4.98 Å². The second-order valence-electron chi connectivity index (χ2n) is 6.88. The van der Waals surface area contributed by atoms with E-state index in [0.29, 0.717) is 36.0 Å². The van der Waals surface area contributed by atoms with E-state index < -0.39 is 0 Å². The summed E-state index contributed by atoms with van der Waals surface area (Å²) in [5.41, 5.74) is 2.26. The number of amides is 1. The zero-order chi connectivity index (χ0) is 20.7. The van der Waals surface area contributed by atoms with Crippen molar-refractivity contribution in [2.75, 3.05) is 43.2 Å². The van der Waals surface area contributed by atoms with Gasteiger partial charge in [-0.15, -0.1) is 0 Å². The maximum atomic E-state index is 12.6. The lowest BCUT2D eigenvalue weighted by Crippen LogP contribution is -2.32. The molecule has 6 nitrogen and oxygen atoms in total. The number of benzene rings is 1. The molecule has 7 heteroatoms. The number of halogens is 1. The van der Waals surface area contributed by atoms with Gasteiger partial charge < -0.3 is 20.0 Å². The van der Waals surface area contributed by atoms with Crippen molar-refractivity contribution in [3.63, 3.8) is 0 Å². The molecule has 0 bridgehead atoms. The lowest BCUT2D eigenvalue weighted by Gasteiger charge is -2.27. The monoisotopic (exact) mass is 405 g/mol. The average Bonchev–Trinajstić information content (AvgIpc) is 2.70. The molecule has 1 amide bonds. The van der Waals surface area contributed by atoms with E-state index in [1.165, 1.54) is 0 Å². The third-order valence-electron chi connectivity index (χ3n) is 4.50. The van der Waals surface area contributed by atoms with Crippen molar-refractivity contribution in [2.24, 2.45) is 5.92 Å². The summed E-state index contributed by atoms with van der Waals surface area (Å²) in [5, 5.41) is 19.1. The van der Waals surface area contributed by atoms with Crippen LogP contribution in [0, 0.1) is 5.92 Å². The van der Waals surface area contributed by atoms with Gasteiger partial charge in [0.2, 0.25) is 5.91 Å². The first-order valence-corrected chi connectivity index (χ1v) is 9.77. The first-order chi connectivity index (χ1) is 13.4. The third-order valence-corrected chi connectivity index (χ3v) is 4.83. The van der Waals surface area contributed by atoms with Gasteiger partial charge in [-0.05, 0) is 18.6 Å². The summed E-state index contributed by atoms with van der Waals surface area (Å²) in [7, 11) is 1.73. The maximum absolute atomic E-state index is 12.6. The molecule has 0 spiro atoms. The van der Waals surface area contributed by atoms with Crippen molar-refractivity contribution >= 4 is 29.0 Å². The Morgan fingerprint density at radius 3 is 2.46 bits per heavy atom. The molecule has 2 aromatic rings. The van der Waals surface area contributed by atoms with Gasteiger partial charge in [0.05, 0.1) is 18.5 Å². The second kappa shape index (κ2) is 10.4. The fourth-order valence-electron chi connectivity index (χ4n) is 3.00. The third kappa shape index (κ3) is 5.22. The number of carbonyl (C=O) groups is 1. The van der Waals surface area contributed by atoms with Crippen molar-refractivity contribution in [1.29, 1.82) is 0 Å². The summed E-state index contributed by atoms with van der Waals surface area (Å²) in [6.45, 7) is 4.70. The van der Waals surface area contributed by atoms with Crippen LogP contribution in [0.3, 0.4) is 0 Å². The van der Waals surface area contributed by atoms with Crippen LogP contribution in [0.25, 0.3) is 11.1 Å². The van der Waals surface area contributed by atoms with Gasteiger partial charge in [0.1, 0.15) is 5.82 Å². The van der Waals surface area contributed by atoms with Crippen molar-refractivity contribution in [3.8, 4) is 11.1 Å². The number of hydrogen-bond donors (Lipinski definition) is 2. The highest BCUT2D eigenvalue weighted by Crippen LogP contribution is 2.37. The van der Waals surface area contributed by atoms with Crippen LogP contribution in [-0.2, 0) is 4.79 Å². The average molecular weight is 406 g/mol. The van der Waals surface area contributed by atoms with E-state index in [2.05, 4.69) is 4.98 Å². The summed E-state index contributed by atoms with van der Waals surface area (Å²) in [4.78, 5) is 20.6. The van der Waals surface area contributed by atoms with E-state index in [0.717, 1.165) is 11.1 Å². The molecule has 152 valence electrons. The van der Waals surface area contributed by atoms with Crippen LogP contribution in [0.5, 0.6) is 0 Å². The molecule has 0 unspecified atom stereocenters. The second-order valence-corrected chi connectivity index (χ2v) is 7.29. The lowest BCUT2D eigenvalue weighted by atomic mass is 10.0. The van der Waals surface area contributed by atoms with Crippen LogP contribution >= 0.6 is 11.6 Å². The zero-order valence-corrected chi connectivity index (χ0v) is 17.4. The smallest absolute Gasteiger partial charge is 0.229 e. The van der Waals surface area contributed by atoms with Crippen LogP contribution in [-0.4, -0.2) is 54.5 Å². The minimum absolute atomic E-state index is 0.0182. The number of aliphatic hydroxyl groups excluding tert-OH is 2. The number of anilines is 2. The van der Waals surface area contributed by atoms with Gasteiger partial charge in [-0.1, -0.05) is 43.6 Å². The minimum Gasteiger partial charge on any atom is -0.396 e. The number of aliphatic hydroxyl groups is 2. The Hall–Kier alpha value is -2.15. The van der Waals surface area contributed by atoms with Gasteiger partial charge in [0.25, 0.3) is 0 Å². The van der Waals surface area contributed by atoms with E-state index in [1.807, 2.05) is 49.1 Å². The summed E-state index contributed by atoms with van der Waals surface area (Å²) < 4.78 is 0. The zero-order valence-electron chi connectivity index (χ0n) is 16.6. The van der Waals surface area contributed by atoms with E-state index in [1.54, 1.807) is 18.1 Å². The van der Waals surface area contributed by atoms with Gasteiger partial charge in [-0.2, -0.15) is 0 Å². The van der Waals surface area contributed by atoms with Crippen LogP contribution in [0.4, 0.5) is 11.5 Å². The molecule has 0 saturated heterocycles. The molecule has 1 aromatic carbocycles. The molecular formula is C21H28ClN3O3. The maximum Gasteiger partial charge on any atom is 0.229 e. The van der Waals surface area contributed by atoms with E-state index in [4.69, 9.17) is 16.7 Å². The lowest BCUT2D eigenvalue weighted by molar-refractivity contribution is -0.121. The molecule has 0 radical (unpaired) electrons. The molecule has 28 heavy (non-hydrogen) atoms. The Balaban J connectivity index is 2.57. The normalized spacial score (nSPS) is 11.0. The standard InChI is InChI=1S/C21H28ClN3O3/c1-15(2)21(28)24(3)19-14-23-20(25(10-12-27)9-6-11-26)13-17(19)16-7-4-5-8-18(16)22/h4-5,7-8,13-15,26-27H,6,9-12H2,1-3H3. The predicted molar refractivity (Wildman–Crippen MR) is 114 cm³/mol. The van der Waals surface area contributed by atoms with Crippen molar-refractivity contribution in [2.45, 2.75) is 20.3 Å². The van der Waals surface area contributed by atoms with Gasteiger partial charge >= 0.3 is 0 Å². The highest BCUT2D eigenvalue weighted by atomic mass is 35.5. The molecule has 0 aliphatic carbocycles. The largest absolute Gasteiger partial charge is 0.396 e. The molecule has 1 aromatic heterocycles. The predicted octanol–water partition coefficient (Wildman–Crippen LogP) is 3.20. The highest BCUT2D eigenvalue weighted by Gasteiger charge is 2.21. The fourth-order valence-corrected chi connectivity index (χ4v) is 3.24. The fraction of sp³-hybridized carbons (Fsp3) is 0.429. The van der Waals surface area contributed by atoms with Crippen molar-refractivity contribution in [3.05, 3.63) is 41.6 Å². The number of nitrogens with zero attached hydrogens (tertiary/aromatic N) is 3. The van der Waals surface area contributed by atoms with Crippen LogP contribution in [0.15, 0.2) is 36.5 Å². The number of carbonyl (C=O) groups excluding carboxylic acids is 1. The first-order valence-electron chi connectivity index (χ1n) is 9.39. The Morgan fingerprint density at radius 2 is 1.86 bits per heavy atom. The van der Waals surface area contributed by atoms with Crippen molar-refractivity contribution in [1.82, 2.24) is 4.98 Å². The van der Waals surface area contributed by atoms with Gasteiger partial charge in [0.15, 0.2) is 0 Å². The number of aromatic nitrogens is 1. The molecule has 0 atom stereocenters. The number of pyridine rings is 1. The molecule has 2 rings (SSSR count). The summed E-state index contributed by atoms with van der Waals surface area (Å²) >= 11 is 6.44. The Kier molecular flexibility index (Phi) is 8.23. The topological polar surface area (TPSA) is 76.9 Å². The Morgan fingerprint density at radius 1 is 1.14 bits per heavy atom. The summed E-state index contributed by atoms with van der Waals surface area (Å²) in [6, 6.07) is 9.35. The van der Waals surface area contributed by atoms with Crippen LogP contribution in [0.2, 0.25) is 5.02 Å². The molecule has 0 aliphatic heterocycles. The van der Waals surface area contributed by atoms with E-state index >= 15 is 0 Å². The minimum atomic E-state index is -0.154. The number of rotatable bonds is 9. The Bertz CT molecular complexity index is 798. The highest BCUT2D eigenvalue weighted by molar-refractivity contribution is 6.33. The van der Waals surface area contributed by atoms with E-state index in [-0.39, 0.29) is 25.0 Å². The van der Waals surface area contributed by atoms with Crippen LogP contribution < -0.4 is 9.80 Å². The SMILES string of the molecule is CC(C)C(=O)N(C)c1cnc(N(CCO)CCCO)cc1-c1ccccc1Cl. The molecule has 0 fully saturated rings. The summed E-state index contributed by atoms with van der Waals surface area (Å²) in [5.74, 6) is 0.487. The van der Waals surface area contributed by atoms with Crippen molar-refractivity contribution < 1.29 is 15.0 Å². The van der Waals surface area contributed by atoms with Crippen LogP contribution in [0.1, 0.15) is 20.3 Å². The molecule has 0 saturated carbocycles. The molecule has 1 heterocycles. The van der Waals surface area contributed by atoms with Gasteiger partial charge in [0, 0.05) is 48.8 Å². The molecule has 2 N–H and O–H groups in total. The van der Waals surface area contributed by atoms with E-state index in [9.17, 15) is 9.90 Å². The summed E-state index contributed by atoms with van der Waals surface area (Å²) in [6.07, 6.45) is 2.23. The van der Waals surface area contributed by atoms with Gasteiger partial charge in [-0.3, -0.25) is 4.79 Å². The Labute approximate surface area is 171 Å². The quantitative estimate of drug-likeness (QED) is 0.669. The first kappa shape index (κ1) is 22.1.